The van der Waals surface area contributed by atoms with Gasteiger partial charge in [-0.25, -0.2) is 4.39 Å². The Morgan fingerprint density at radius 2 is 1.81 bits per heavy atom. The molecule has 2 aromatic rings. The van der Waals surface area contributed by atoms with Crippen LogP contribution in [0, 0.1) is 5.82 Å². The number of rotatable bonds is 3. The second-order valence-electron chi connectivity index (χ2n) is 4.01. The van der Waals surface area contributed by atoms with Gasteiger partial charge in [-0.3, -0.25) is 4.79 Å². The standard InChI is InChI=1S/C13H8ClF2NO3S/c14-8-5-6-10(15)9(7-8)13(18)17-11-3-1-2-4-12(11)21(16,19)20/h1-7H,(H,17,18). The quantitative estimate of drug-likeness (QED) is 0.877. The largest absolute Gasteiger partial charge is 0.334 e. The van der Waals surface area contributed by atoms with Crippen molar-refractivity contribution >= 4 is 33.4 Å². The van der Waals surface area contributed by atoms with Crippen LogP contribution >= 0.6 is 11.6 Å². The molecule has 110 valence electrons. The number of halogens is 3. The average molecular weight is 332 g/mol. The molecule has 0 aromatic heterocycles. The van der Waals surface area contributed by atoms with Crippen LogP contribution in [0.15, 0.2) is 47.4 Å². The summed E-state index contributed by atoms with van der Waals surface area (Å²) in [6.07, 6.45) is 0. The van der Waals surface area contributed by atoms with Gasteiger partial charge in [-0.2, -0.15) is 8.42 Å². The summed E-state index contributed by atoms with van der Waals surface area (Å²) in [6.45, 7) is 0. The lowest BCUT2D eigenvalue weighted by Gasteiger charge is -2.09. The molecule has 21 heavy (non-hydrogen) atoms. The molecule has 1 N–H and O–H groups in total. The van der Waals surface area contributed by atoms with Crippen molar-refractivity contribution in [2.75, 3.05) is 5.32 Å². The van der Waals surface area contributed by atoms with E-state index in [1.165, 1.54) is 24.3 Å². The van der Waals surface area contributed by atoms with Gasteiger partial charge in [0, 0.05) is 5.02 Å². The van der Waals surface area contributed by atoms with Gasteiger partial charge < -0.3 is 5.32 Å². The molecule has 2 aromatic carbocycles. The molecule has 0 radical (unpaired) electrons. The molecule has 0 saturated carbocycles. The summed E-state index contributed by atoms with van der Waals surface area (Å²) in [7, 11) is -5.01. The van der Waals surface area contributed by atoms with Gasteiger partial charge in [0.25, 0.3) is 5.91 Å². The predicted octanol–water partition coefficient (Wildman–Crippen LogP) is 3.39. The van der Waals surface area contributed by atoms with Gasteiger partial charge >= 0.3 is 10.2 Å². The number of amides is 1. The van der Waals surface area contributed by atoms with Crippen LogP contribution in [-0.4, -0.2) is 14.3 Å². The SMILES string of the molecule is O=C(Nc1ccccc1S(=O)(=O)F)c1cc(Cl)ccc1F. The van der Waals surface area contributed by atoms with Crippen molar-refractivity contribution in [2.45, 2.75) is 4.90 Å². The number of nitrogens with one attached hydrogen (secondary N) is 1. The smallest absolute Gasteiger partial charge is 0.321 e. The number of anilines is 1. The van der Waals surface area contributed by atoms with Crippen LogP contribution in [0.3, 0.4) is 0 Å². The van der Waals surface area contributed by atoms with Crippen LogP contribution in [0.4, 0.5) is 14.0 Å². The fourth-order valence-electron chi connectivity index (χ4n) is 1.64. The summed E-state index contributed by atoms with van der Waals surface area (Å²) in [5.41, 5.74) is -0.669. The Morgan fingerprint density at radius 1 is 1.14 bits per heavy atom. The fraction of sp³-hybridized carbons (Fsp3) is 0. The molecule has 0 spiro atoms. The van der Waals surface area contributed by atoms with Crippen molar-refractivity contribution < 1.29 is 21.5 Å². The maximum Gasteiger partial charge on any atom is 0.334 e. The topological polar surface area (TPSA) is 63.2 Å². The number of carbonyl (C=O) groups excluding carboxylic acids is 1. The van der Waals surface area contributed by atoms with Gasteiger partial charge in [-0.05, 0) is 30.3 Å². The first-order valence-electron chi connectivity index (χ1n) is 5.59. The molecule has 2 rings (SSSR count). The lowest BCUT2D eigenvalue weighted by Crippen LogP contribution is -2.15. The minimum atomic E-state index is -5.01. The minimum Gasteiger partial charge on any atom is -0.321 e. The number of benzene rings is 2. The summed E-state index contributed by atoms with van der Waals surface area (Å²) >= 11 is 5.67. The van der Waals surface area contributed by atoms with Gasteiger partial charge in [0.1, 0.15) is 10.7 Å². The molecule has 0 aliphatic carbocycles. The normalized spacial score (nSPS) is 11.2. The number of para-hydroxylation sites is 1. The van der Waals surface area contributed by atoms with Crippen LogP contribution < -0.4 is 5.32 Å². The van der Waals surface area contributed by atoms with Crippen LogP contribution in [0.2, 0.25) is 5.02 Å². The molecule has 0 bridgehead atoms. The lowest BCUT2D eigenvalue weighted by atomic mass is 10.2. The van der Waals surface area contributed by atoms with Crippen molar-refractivity contribution in [3.63, 3.8) is 0 Å². The maximum absolute atomic E-state index is 13.5. The second-order valence-corrected chi connectivity index (χ2v) is 5.76. The van der Waals surface area contributed by atoms with E-state index >= 15 is 0 Å². The fourth-order valence-corrected chi connectivity index (χ4v) is 2.44. The van der Waals surface area contributed by atoms with E-state index in [0.717, 1.165) is 18.2 Å². The molecule has 0 atom stereocenters. The molecule has 0 fully saturated rings. The Balaban J connectivity index is 2.39. The molecule has 0 heterocycles. The summed E-state index contributed by atoms with van der Waals surface area (Å²) in [5.74, 6) is -1.77. The molecule has 0 aliphatic heterocycles. The molecule has 8 heteroatoms. The van der Waals surface area contributed by atoms with Crippen LogP contribution in [-0.2, 0) is 10.2 Å². The van der Waals surface area contributed by atoms with Crippen molar-refractivity contribution in [1.29, 1.82) is 0 Å². The third-order valence-corrected chi connectivity index (χ3v) is 3.69. The third kappa shape index (κ3) is 3.56. The van der Waals surface area contributed by atoms with Crippen molar-refractivity contribution in [3.8, 4) is 0 Å². The maximum atomic E-state index is 13.5. The molecular weight excluding hydrogens is 324 g/mol. The molecule has 4 nitrogen and oxygen atoms in total. The molecule has 0 saturated heterocycles. The lowest BCUT2D eigenvalue weighted by molar-refractivity contribution is 0.102. The van der Waals surface area contributed by atoms with E-state index in [1.807, 2.05) is 0 Å². The number of carbonyl (C=O) groups is 1. The highest BCUT2D eigenvalue weighted by atomic mass is 35.5. The van der Waals surface area contributed by atoms with E-state index in [9.17, 15) is 21.5 Å². The van der Waals surface area contributed by atoms with Gasteiger partial charge in [0.15, 0.2) is 0 Å². The van der Waals surface area contributed by atoms with Crippen LogP contribution in [0.25, 0.3) is 0 Å². The van der Waals surface area contributed by atoms with Crippen LogP contribution in [0.5, 0.6) is 0 Å². The Kier molecular flexibility index (Phi) is 4.24. The van der Waals surface area contributed by atoms with E-state index in [-0.39, 0.29) is 16.3 Å². The first-order valence-corrected chi connectivity index (χ1v) is 7.35. The summed E-state index contributed by atoms with van der Waals surface area (Å²) in [4.78, 5) is 11.2. The summed E-state index contributed by atoms with van der Waals surface area (Å²) in [5, 5.41) is 2.28. The molecule has 0 aliphatic rings. The van der Waals surface area contributed by atoms with E-state index in [0.29, 0.717) is 0 Å². The molecule has 0 unspecified atom stereocenters. The van der Waals surface area contributed by atoms with Crippen LogP contribution in [0.1, 0.15) is 10.4 Å². The first-order chi connectivity index (χ1) is 9.79. The zero-order chi connectivity index (χ0) is 15.6. The zero-order valence-corrected chi connectivity index (χ0v) is 11.9. The minimum absolute atomic E-state index is 0.132. The zero-order valence-electron chi connectivity index (χ0n) is 10.3. The molecule has 1 amide bonds. The first kappa shape index (κ1) is 15.4. The van der Waals surface area contributed by atoms with E-state index in [4.69, 9.17) is 11.6 Å². The Bertz CT molecular complexity index is 809. The second kappa shape index (κ2) is 5.79. The predicted molar refractivity (Wildman–Crippen MR) is 74.1 cm³/mol. The monoisotopic (exact) mass is 331 g/mol. The van der Waals surface area contributed by atoms with Crippen molar-refractivity contribution in [1.82, 2.24) is 0 Å². The van der Waals surface area contributed by atoms with E-state index in [1.54, 1.807) is 0 Å². The van der Waals surface area contributed by atoms with Gasteiger partial charge in [-0.1, -0.05) is 23.7 Å². The van der Waals surface area contributed by atoms with Crippen molar-refractivity contribution in [2.24, 2.45) is 0 Å². The third-order valence-electron chi connectivity index (χ3n) is 2.57. The summed E-state index contributed by atoms with van der Waals surface area (Å²) in [6, 6.07) is 8.20. The number of hydrogen-bond acceptors (Lipinski definition) is 3. The van der Waals surface area contributed by atoms with Crippen molar-refractivity contribution in [3.05, 3.63) is 58.9 Å². The highest BCUT2D eigenvalue weighted by Gasteiger charge is 2.20. The van der Waals surface area contributed by atoms with Gasteiger partial charge in [0.05, 0.1) is 11.3 Å². The highest BCUT2D eigenvalue weighted by Crippen LogP contribution is 2.24. The molecular formula is C13H8ClF2NO3S. The Hall–Kier alpha value is -1.99. The highest BCUT2D eigenvalue weighted by molar-refractivity contribution is 7.86. The summed E-state index contributed by atoms with van der Waals surface area (Å²) < 4.78 is 48.6. The van der Waals surface area contributed by atoms with Gasteiger partial charge in [-0.15, -0.1) is 3.89 Å². The van der Waals surface area contributed by atoms with Gasteiger partial charge in [0.2, 0.25) is 0 Å². The average Bonchev–Trinajstić information content (AvgIpc) is 2.41. The van der Waals surface area contributed by atoms with E-state index < -0.39 is 26.8 Å². The number of hydrogen-bond donors (Lipinski definition) is 1. The van der Waals surface area contributed by atoms with E-state index in [2.05, 4.69) is 5.32 Å². The Labute approximate surface area is 124 Å². The Morgan fingerprint density at radius 3 is 2.48 bits per heavy atom.